The maximum Gasteiger partial charge on any atom is 0.122 e. The number of ether oxygens (including phenoxy) is 1. The van der Waals surface area contributed by atoms with Gasteiger partial charge in [0, 0.05) is 18.2 Å². The van der Waals surface area contributed by atoms with Gasteiger partial charge in [-0.25, -0.2) is 9.97 Å². The molecule has 0 spiro atoms. The van der Waals surface area contributed by atoms with Crippen LogP contribution in [-0.2, 0) is 6.42 Å². The molecule has 0 amide bonds. The first-order valence-electron chi connectivity index (χ1n) is 5.06. The average Bonchev–Trinajstić information content (AvgIpc) is 2.76. The predicted octanol–water partition coefficient (Wildman–Crippen LogP) is 2.84. The van der Waals surface area contributed by atoms with Crippen LogP contribution in [-0.4, -0.2) is 16.6 Å². The van der Waals surface area contributed by atoms with Gasteiger partial charge in [-0.2, -0.15) is 0 Å². The molecule has 0 fully saturated rings. The molecule has 0 unspecified atom stereocenters. The van der Waals surface area contributed by atoms with E-state index in [1.807, 2.05) is 18.3 Å². The summed E-state index contributed by atoms with van der Waals surface area (Å²) in [7, 11) is 0. The smallest absolute Gasteiger partial charge is 0.122 e. The Balaban J connectivity index is 2.11. The van der Waals surface area contributed by atoms with Gasteiger partial charge >= 0.3 is 0 Å². The fraction of sp³-hybridized carbons (Fsp3) is 0.167. The number of aromatic nitrogens is 2. The topological polar surface area (TPSA) is 35.0 Å². The molecule has 0 saturated heterocycles. The Morgan fingerprint density at radius 1 is 1.31 bits per heavy atom. The summed E-state index contributed by atoms with van der Waals surface area (Å²) in [4.78, 5) is 8.17. The lowest BCUT2D eigenvalue weighted by atomic mass is 10.0. The summed E-state index contributed by atoms with van der Waals surface area (Å²) in [5, 5.41) is 0. The van der Waals surface area contributed by atoms with Crippen molar-refractivity contribution >= 4 is 15.9 Å². The molecule has 1 aromatic carbocycles. The lowest BCUT2D eigenvalue weighted by Gasteiger charge is -2.05. The minimum Gasteiger partial charge on any atom is -0.493 e. The van der Waals surface area contributed by atoms with Gasteiger partial charge in [0.1, 0.15) is 16.7 Å². The molecule has 0 aliphatic carbocycles. The highest BCUT2D eigenvalue weighted by molar-refractivity contribution is 9.10. The second-order valence-corrected chi connectivity index (χ2v) is 4.40. The van der Waals surface area contributed by atoms with Gasteiger partial charge in [0.15, 0.2) is 0 Å². The van der Waals surface area contributed by atoms with E-state index in [2.05, 4.69) is 32.0 Å². The van der Waals surface area contributed by atoms with Crippen molar-refractivity contribution in [2.45, 2.75) is 6.42 Å². The third kappa shape index (κ3) is 1.59. The van der Waals surface area contributed by atoms with E-state index in [9.17, 15) is 0 Å². The first kappa shape index (κ1) is 9.78. The van der Waals surface area contributed by atoms with Gasteiger partial charge in [0.2, 0.25) is 0 Å². The minimum atomic E-state index is 0.783. The number of rotatable bonds is 1. The molecule has 2 aromatic rings. The monoisotopic (exact) mass is 276 g/mol. The van der Waals surface area contributed by atoms with E-state index in [-0.39, 0.29) is 0 Å². The van der Waals surface area contributed by atoms with Crippen molar-refractivity contribution in [2.75, 3.05) is 6.61 Å². The molecule has 1 aromatic heterocycles. The number of halogens is 1. The van der Waals surface area contributed by atoms with Crippen LogP contribution < -0.4 is 4.74 Å². The van der Waals surface area contributed by atoms with Crippen LogP contribution in [0.15, 0.2) is 35.3 Å². The molecular formula is C12H9BrN2O. The van der Waals surface area contributed by atoms with Gasteiger partial charge in [-0.1, -0.05) is 6.07 Å². The number of hydrogen-bond acceptors (Lipinski definition) is 3. The maximum atomic E-state index is 5.48. The Morgan fingerprint density at radius 3 is 3.12 bits per heavy atom. The maximum absolute atomic E-state index is 5.48. The average molecular weight is 277 g/mol. The van der Waals surface area contributed by atoms with Crippen LogP contribution in [0.4, 0.5) is 0 Å². The van der Waals surface area contributed by atoms with Crippen LogP contribution in [0.25, 0.3) is 11.1 Å². The Hall–Kier alpha value is -1.42. The molecule has 3 rings (SSSR count). The Morgan fingerprint density at radius 2 is 2.25 bits per heavy atom. The van der Waals surface area contributed by atoms with E-state index in [1.54, 1.807) is 0 Å². The summed E-state index contributed by atoms with van der Waals surface area (Å²) < 4.78 is 6.30. The van der Waals surface area contributed by atoms with E-state index in [1.165, 1.54) is 11.9 Å². The van der Waals surface area contributed by atoms with Gasteiger partial charge in [-0.3, -0.25) is 0 Å². The summed E-state index contributed by atoms with van der Waals surface area (Å²) in [6, 6.07) is 6.19. The lowest BCUT2D eigenvalue weighted by Crippen LogP contribution is -1.86. The molecular weight excluding hydrogens is 268 g/mol. The highest BCUT2D eigenvalue weighted by atomic mass is 79.9. The number of benzene rings is 1. The fourth-order valence-corrected chi connectivity index (χ4v) is 2.29. The molecule has 2 heterocycles. The molecule has 1 aliphatic rings. The molecule has 80 valence electrons. The van der Waals surface area contributed by atoms with Gasteiger partial charge in [0.25, 0.3) is 0 Å². The van der Waals surface area contributed by atoms with Crippen LogP contribution >= 0.6 is 15.9 Å². The van der Waals surface area contributed by atoms with Crippen LogP contribution in [0.1, 0.15) is 5.56 Å². The second kappa shape index (κ2) is 3.87. The number of fused-ring (bicyclic) bond motifs is 1. The Kier molecular flexibility index (Phi) is 2.36. The highest BCUT2D eigenvalue weighted by Crippen LogP contribution is 2.32. The van der Waals surface area contributed by atoms with Crippen molar-refractivity contribution in [3.05, 3.63) is 40.9 Å². The van der Waals surface area contributed by atoms with E-state index in [0.29, 0.717) is 0 Å². The summed E-state index contributed by atoms with van der Waals surface area (Å²) in [5.41, 5.74) is 3.39. The van der Waals surface area contributed by atoms with Gasteiger partial charge < -0.3 is 4.74 Å². The minimum absolute atomic E-state index is 0.783. The summed E-state index contributed by atoms with van der Waals surface area (Å²) in [5.74, 6) is 0.997. The van der Waals surface area contributed by atoms with Crippen molar-refractivity contribution in [1.82, 2.24) is 9.97 Å². The third-order valence-electron chi connectivity index (χ3n) is 2.66. The zero-order valence-corrected chi connectivity index (χ0v) is 10.1. The number of nitrogens with zero attached hydrogens (tertiary/aromatic N) is 2. The molecule has 4 heteroatoms. The lowest BCUT2D eigenvalue weighted by molar-refractivity contribution is 0.357. The zero-order chi connectivity index (χ0) is 11.0. The summed E-state index contributed by atoms with van der Waals surface area (Å²) in [6.07, 6.45) is 4.33. The van der Waals surface area contributed by atoms with Crippen molar-refractivity contribution in [1.29, 1.82) is 0 Å². The zero-order valence-electron chi connectivity index (χ0n) is 8.48. The molecule has 0 radical (unpaired) electrons. The van der Waals surface area contributed by atoms with E-state index < -0.39 is 0 Å². The second-order valence-electron chi connectivity index (χ2n) is 3.65. The van der Waals surface area contributed by atoms with Crippen LogP contribution in [0.5, 0.6) is 5.75 Å². The largest absolute Gasteiger partial charge is 0.493 e. The van der Waals surface area contributed by atoms with Crippen molar-refractivity contribution in [3.63, 3.8) is 0 Å². The quantitative estimate of drug-likeness (QED) is 0.752. The van der Waals surface area contributed by atoms with Crippen molar-refractivity contribution in [2.24, 2.45) is 0 Å². The van der Waals surface area contributed by atoms with E-state index >= 15 is 0 Å². The van der Waals surface area contributed by atoms with Crippen molar-refractivity contribution < 1.29 is 4.74 Å². The molecule has 0 bridgehead atoms. The number of hydrogen-bond donors (Lipinski definition) is 0. The first-order valence-corrected chi connectivity index (χ1v) is 5.85. The molecule has 0 saturated carbocycles. The van der Waals surface area contributed by atoms with Crippen LogP contribution in [0.2, 0.25) is 0 Å². The van der Waals surface area contributed by atoms with E-state index in [4.69, 9.17) is 4.74 Å². The van der Waals surface area contributed by atoms with Gasteiger partial charge in [-0.15, -0.1) is 0 Å². The van der Waals surface area contributed by atoms with Crippen LogP contribution in [0, 0.1) is 0 Å². The third-order valence-corrected chi connectivity index (χ3v) is 3.30. The molecule has 3 nitrogen and oxygen atoms in total. The van der Waals surface area contributed by atoms with Crippen LogP contribution in [0.3, 0.4) is 0 Å². The summed E-state index contributed by atoms with van der Waals surface area (Å²) >= 11 is 3.43. The van der Waals surface area contributed by atoms with E-state index in [0.717, 1.165) is 34.5 Å². The Bertz CT molecular complexity index is 542. The molecule has 0 N–H and O–H groups in total. The normalized spacial score (nSPS) is 13.3. The molecule has 0 atom stereocenters. The van der Waals surface area contributed by atoms with Gasteiger partial charge in [0.05, 0.1) is 6.61 Å². The van der Waals surface area contributed by atoms with Gasteiger partial charge in [-0.05, 0) is 39.2 Å². The molecule has 1 aliphatic heterocycles. The predicted molar refractivity (Wildman–Crippen MR) is 64.4 cm³/mol. The summed E-state index contributed by atoms with van der Waals surface area (Å²) in [6.45, 7) is 0.783. The Labute approximate surface area is 102 Å². The fourth-order valence-electron chi connectivity index (χ4n) is 1.86. The molecule has 16 heavy (non-hydrogen) atoms. The first-order chi connectivity index (χ1) is 7.84. The SMILES string of the molecule is Brc1ncncc1-c1ccc2c(c1)CCO2. The van der Waals surface area contributed by atoms with Crippen molar-refractivity contribution in [3.8, 4) is 16.9 Å². The standard InChI is InChI=1S/C12H9BrN2O/c13-12-10(6-14-7-15-12)8-1-2-11-9(5-8)3-4-16-11/h1-2,5-7H,3-4H2. The highest BCUT2D eigenvalue weighted by Gasteiger charge is 2.13.